The molecule has 19 heavy (non-hydrogen) atoms. The average molecular weight is 407 g/mol. The van der Waals surface area contributed by atoms with Gasteiger partial charge in [0, 0.05) is 27.5 Å². The second-order valence-corrected chi connectivity index (χ2v) is 6.62. The minimum absolute atomic E-state index is 0.106. The molecule has 1 heterocycles. The smallest absolute Gasteiger partial charge is 0.251 e. The van der Waals surface area contributed by atoms with Gasteiger partial charge in [-0.15, -0.1) is 11.3 Å². The van der Waals surface area contributed by atoms with Crippen molar-refractivity contribution in [2.75, 3.05) is 6.54 Å². The lowest BCUT2D eigenvalue weighted by Gasteiger charge is -2.05. The molecule has 6 heteroatoms. The lowest BCUT2D eigenvalue weighted by molar-refractivity contribution is 0.0954. The van der Waals surface area contributed by atoms with Gasteiger partial charge in [0.15, 0.2) is 0 Å². The predicted molar refractivity (Wildman–Crippen MR) is 87.1 cm³/mol. The summed E-state index contributed by atoms with van der Waals surface area (Å²) < 4.78 is 0.939. The topological polar surface area (TPSA) is 42.0 Å². The molecular weight excluding hydrogens is 395 g/mol. The number of rotatable bonds is 4. The first kappa shape index (κ1) is 14.7. The number of nitrogens with one attached hydrogen (secondary N) is 1. The Labute approximate surface area is 134 Å². The molecule has 0 radical (unpaired) electrons. The van der Waals surface area contributed by atoms with Gasteiger partial charge in [0.2, 0.25) is 0 Å². The number of aryl methyl sites for hydroxylation is 1. The van der Waals surface area contributed by atoms with Crippen LogP contribution in [-0.2, 0) is 6.42 Å². The molecular formula is C13H12ClIN2OS. The van der Waals surface area contributed by atoms with E-state index >= 15 is 0 Å². The molecule has 3 nitrogen and oxygen atoms in total. The van der Waals surface area contributed by atoms with Crippen LogP contribution < -0.4 is 5.32 Å². The monoisotopic (exact) mass is 406 g/mol. The summed E-state index contributed by atoms with van der Waals surface area (Å²) in [6.45, 7) is 2.55. The molecule has 2 aromatic rings. The van der Waals surface area contributed by atoms with E-state index in [2.05, 4.69) is 32.9 Å². The molecule has 1 N–H and O–H groups in total. The van der Waals surface area contributed by atoms with Gasteiger partial charge in [0.25, 0.3) is 5.91 Å². The van der Waals surface area contributed by atoms with E-state index in [4.69, 9.17) is 11.6 Å². The molecule has 0 saturated heterocycles. The van der Waals surface area contributed by atoms with Crippen LogP contribution in [0.5, 0.6) is 0 Å². The summed E-state index contributed by atoms with van der Waals surface area (Å²) >= 11 is 9.75. The maximum atomic E-state index is 11.9. The molecule has 1 amide bonds. The van der Waals surface area contributed by atoms with Gasteiger partial charge in [-0.05, 0) is 47.7 Å². The summed E-state index contributed by atoms with van der Waals surface area (Å²) in [5.74, 6) is -0.106. The quantitative estimate of drug-likeness (QED) is 0.787. The van der Waals surface area contributed by atoms with E-state index in [0.717, 1.165) is 20.7 Å². The fourth-order valence-corrected chi connectivity index (χ4v) is 2.73. The van der Waals surface area contributed by atoms with Gasteiger partial charge < -0.3 is 5.32 Å². The summed E-state index contributed by atoms with van der Waals surface area (Å²) in [6.07, 6.45) is 0.744. The first-order valence-electron chi connectivity index (χ1n) is 5.70. The second-order valence-electron chi connectivity index (χ2n) is 3.99. The number of hydrogen-bond donors (Lipinski definition) is 1. The van der Waals surface area contributed by atoms with Crippen molar-refractivity contribution < 1.29 is 4.79 Å². The van der Waals surface area contributed by atoms with Crippen molar-refractivity contribution in [3.8, 4) is 0 Å². The van der Waals surface area contributed by atoms with Crippen LogP contribution >= 0.6 is 45.5 Å². The van der Waals surface area contributed by atoms with Crippen molar-refractivity contribution in [3.63, 3.8) is 0 Å². The number of halogens is 2. The van der Waals surface area contributed by atoms with E-state index in [-0.39, 0.29) is 5.91 Å². The zero-order chi connectivity index (χ0) is 13.8. The number of aromatic nitrogens is 1. The highest BCUT2D eigenvalue weighted by Gasteiger charge is 2.07. The second kappa shape index (κ2) is 6.67. The number of benzene rings is 1. The summed E-state index contributed by atoms with van der Waals surface area (Å²) in [4.78, 5) is 16.3. The SMILES string of the molecule is Cc1nc(CCNC(=O)c2ccc(I)c(Cl)c2)cs1. The highest BCUT2D eigenvalue weighted by Crippen LogP contribution is 2.19. The Morgan fingerprint density at radius 3 is 2.95 bits per heavy atom. The molecule has 0 aliphatic rings. The maximum Gasteiger partial charge on any atom is 0.251 e. The van der Waals surface area contributed by atoms with Crippen LogP contribution in [0, 0.1) is 10.5 Å². The molecule has 0 unspecified atom stereocenters. The van der Waals surface area contributed by atoms with Gasteiger partial charge in [-0.25, -0.2) is 4.98 Å². The minimum Gasteiger partial charge on any atom is -0.352 e. The van der Waals surface area contributed by atoms with Gasteiger partial charge in [0.05, 0.1) is 15.7 Å². The minimum atomic E-state index is -0.106. The molecule has 0 atom stereocenters. The molecule has 0 aliphatic carbocycles. The average Bonchev–Trinajstić information content (AvgIpc) is 2.78. The molecule has 0 spiro atoms. The molecule has 0 saturated carbocycles. The van der Waals surface area contributed by atoms with Gasteiger partial charge >= 0.3 is 0 Å². The van der Waals surface area contributed by atoms with E-state index in [9.17, 15) is 4.79 Å². The third kappa shape index (κ3) is 4.15. The molecule has 0 bridgehead atoms. The van der Waals surface area contributed by atoms with E-state index < -0.39 is 0 Å². The Morgan fingerprint density at radius 1 is 1.53 bits per heavy atom. The number of thiazole rings is 1. The molecule has 0 fully saturated rings. The van der Waals surface area contributed by atoms with Gasteiger partial charge in [-0.3, -0.25) is 4.79 Å². The highest BCUT2D eigenvalue weighted by molar-refractivity contribution is 14.1. The van der Waals surface area contributed by atoms with Crippen LogP contribution in [0.2, 0.25) is 5.02 Å². The van der Waals surface area contributed by atoms with Crippen molar-refractivity contribution in [1.29, 1.82) is 0 Å². The van der Waals surface area contributed by atoms with Gasteiger partial charge in [-0.2, -0.15) is 0 Å². The number of nitrogens with zero attached hydrogens (tertiary/aromatic N) is 1. The normalized spacial score (nSPS) is 10.5. The number of amides is 1. The van der Waals surface area contributed by atoms with E-state index in [1.54, 1.807) is 23.5 Å². The Balaban J connectivity index is 1.89. The summed E-state index contributed by atoms with van der Waals surface area (Å²) in [6, 6.07) is 5.29. The number of carbonyl (C=O) groups excluding carboxylic acids is 1. The third-order valence-electron chi connectivity index (χ3n) is 2.52. The number of hydrogen-bond acceptors (Lipinski definition) is 3. The summed E-state index contributed by atoms with van der Waals surface area (Å²) in [7, 11) is 0. The molecule has 100 valence electrons. The molecule has 0 aliphatic heterocycles. The first-order chi connectivity index (χ1) is 9.06. The van der Waals surface area contributed by atoms with Crippen LogP contribution in [0.1, 0.15) is 21.1 Å². The Bertz CT molecular complexity index is 600. The van der Waals surface area contributed by atoms with E-state index in [0.29, 0.717) is 17.1 Å². The fraction of sp³-hybridized carbons (Fsp3) is 0.231. The molecule has 1 aromatic carbocycles. The zero-order valence-corrected chi connectivity index (χ0v) is 14.0. The van der Waals surface area contributed by atoms with Gasteiger partial charge in [0.1, 0.15) is 0 Å². The zero-order valence-electron chi connectivity index (χ0n) is 10.2. The maximum absolute atomic E-state index is 11.9. The predicted octanol–water partition coefficient (Wildman–Crippen LogP) is 3.68. The first-order valence-corrected chi connectivity index (χ1v) is 8.04. The van der Waals surface area contributed by atoms with Crippen LogP contribution in [0.4, 0.5) is 0 Å². The van der Waals surface area contributed by atoms with Crippen LogP contribution in [0.3, 0.4) is 0 Å². The molecule has 1 aromatic heterocycles. The van der Waals surface area contributed by atoms with Crippen molar-refractivity contribution in [2.45, 2.75) is 13.3 Å². The van der Waals surface area contributed by atoms with E-state index in [1.807, 2.05) is 18.4 Å². The van der Waals surface area contributed by atoms with Crippen molar-refractivity contribution >= 4 is 51.4 Å². The van der Waals surface area contributed by atoms with Gasteiger partial charge in [-0.1, -0.05) is 11.6 Å². The Kier molecular flexibility index (Phi) is 5.18. The summed E-state index contributed by atoms with van der Waals surface area (Å²) in [5.41, 5.74) is 1.60. The van der Waals surface area contributed by atoms with Crippen LogP contribution in [0.25, 0.3) is 0 Å². The third-order valence-corrected chi connectivity index (χ3v) is 4.91. The fourth-order valence-electron chi connectivity index (χ4n) is 1.57. The number of carbonyl (C=O) groups is 1. The Morgan fingerprint density at radius 2 is 2.32 bits per heavy atom. The lowest BCUT2D eigenvalue weighted by atomic mass is 10.2. The summed E-state index contributed by atoms with van der Waals surface area (Å²) in [5, 5.41) is 6.53. The van der Waals surface area contributed by atoms with Crippen LogP contribution in [0.15, 0.2) is 23.6 Å². The van der Waals surface area contributed by atoms with E-state index in [1.165, 1.54) is 0 Å². The van der Waals surface area contributed by atoms with Crippen LogP contribution in [-0.4, -0.2) is 17.4 Å². The Hall–Kier alpha value is -0.660. The standard InChI is InChI=1S/C13H12ClIN2OS/c1-8-17-10(7-19-8)4-5-16-13(18)9-2-3-12(15)11(14)6-9/h2-3,6-7H,4-5H2,1H3,(H,16,18). The van der Waals surface area contributed by atoms with Crippen molar-refractivity contribution in [1.82, 2.24) is 10.3 Å². The molecule has 2 rings (SSSR count). The largest absolute Gasteiger partial charge is 0.352 e. The lowest BCUT2D eigenvalue weighted by Crippen LogP contribution is -2.25. The van der Waals surface area contributed by atoms with Crippen molar-refractivity contribution in [3.05, 3.63) is 48.4 Å². The van der Waals surface area contributed by atoms with Crippen molar-refractivity contribution in [2.24, 2.45) is 0 Å². The highest BCUT2D eigenvalue weighted by atomic mass is 127.